The summed E-state index contributed by atoms with van der Waals surface area (Å²) in [6.45, 7) is 3.99. The Bertz CT molecular complexity index is 3380. The minimum absolute atomic E-state index is 0.539. The van der Waals surface area contributed by atoms with Gasteiger partial charge in [0.15, 0.2) is 11.2 Å². The Hall–Kier alpha value is -5.69. The van der Waals surface area contributed by atoms with Crippen LogP contribution in [0.25, 0.3) is 85.2 Å². The van der Waals surface area contributed by atoms with Gasteiger partial charge in [0.1, 0.15) is 33.3 Å². The van der Waals surface area contributed by atoms with Gasteiger partial charge >= 0.3 is 0 Å². The fourth-order valence-corrected chi connectivity index (χ4v) is 10.3. The van der Waals surface area contributed by atoms with Crippen LogP contribution < -0.4 is 0 Å². The van der Waals surface area contributed by atoms with Gasteiger partial charge in [0.05, 0.1) is 14.1 Å². The first-order chi connectivity index (χ1) is 26.5. The Morgan fingerprint density at radius 3 is 1.67 bits per heavy atom. The Balaban J connectivity index is 0.984. The van der Waals surface area contributed by atoms with Crippen LogP contribution in [0.3, 0.4) is 0 Å². The van der Waals surface area contributed by atoms with E-state index in [0.717, 1.165) is 96.3 Å². The van der Waals surface area contributed by atoms with Gasteiger partial charge in [-0.15, -0.1) is 38.1 Å². The molecule has 0 bridgehead atoms. The maximum Gasteiger partial charge on any atom is 0.191 e. The highest BCUT2D eigenvalue weighted by Gasteiger charge is 2.22. The van der Waals surface area contributed by atoms with Crippen molar-refractivity contribution in [1.29, 1.82) is 5.53 Å². The van der Waals surface area contributed by atoms with Gasteiger partial charge in [-0.3, -0.25) is 0 Å². The second-order valence-electron chi connectivity index (χ2n) is 13.4. The van der Waals surface area contributed by atoms with Crippen LogP contribution in [0.2, 0.25) is 0 Å². The van der Waals surface area contributed by atoms with Crippen LogP contribution >= 0.6 is 47.2 Å². The molecule has 0 aliphatic heterocycles. The van der Waals surface area contributed by atoms with Crippen LogP contribution in [0.4, 0.5) is 5.69 Å². The smallest absolute Gasteiger partial charge is 0.191 e. The van der Waals surface area contributed by atoms with E-state index in [1.54, 1.807) is 0 Å². The van der Waals surface area contributed by atoms with Gasteiger partial charge in [0.2, 0.25) is 0 Å². The number of nitrogens with one attached hydrogen (secondary N) is 1. The van der Waals surface area contributed by atoms with Gasteiger partial charge in [-0.1, -0.05) is 13.5 Å². The first kappa shape index (κ1) is 31.8. The molecule has 5 aromatic heterocycles. The summed E-state index contributed by atoms with van der Waals surface area (Å²) in [5, 5.41) is 39.5. The number of aromatic nitrogens is 10. The first-order valence-electron chi connectivity index (χ1n) is 16.9. The summed E-state index contributed by atoms with van der Waals surface area (Å²) in [5.41, 5.74) is 19.9. The summed E-state index contributed by atoms with van der Waals surface area (Å²) >= 11 is 9.04. The summed E-state index contributed by atoms with van der Waals surface area (Å²) in [6.07, 6.45) is 2.68. The molecule has 0 aliphatic rings. The molecule has 6 aromatic carbocycles. The van der Waals surface area contributed by atoms with E-state index in [9.17, 15) is 0 Å². The number of benzene rings is 6. The molecule has 0 fully saturated rings. The second kappa shape index (κ2) is 11.9. The SMILES string of the molecule is Cc1cc2c(cc(CCc3cc4c(cc(CCc5cc6c(cc(C)c7snnc76)c(N=N)c5S)c5snnc54)c4nnsc34)c3onnc32)c2nnoc12. The minimum Gasteiger partial charge on any atom is -0.337 e. The molecule has 262 valence electrons. The number of fused-ring (bicyclic) bond motifs is 13. The highest BCUT2D eigenvalue weighted by molar-refractivity contribution is 7.80. The lowest BCUT2D eigenvalue weighted by Gasteiger charge is -2.13. The van der Waals surface area contributed by atoms with Crippen molar-refractivity contribution in [3.63, 3.8) is 0 Å². The van der Waals surface area contributed by atoms with Crippen molar-refractivity contribution in [3.8, 4) is 0 Å². The van der Waals surface area contributed by atoms with Crippen LogP contribution in [0.5, 0.6) is 0 Å². The Morgan fingerprint density at radius 2 is 1.00 bits per heavy atom. The summed E-state index contributed by atoms with van der Waals surface area (Å²) < 4.78 is 27.3. The van der Waals surface area contributed by atoms with Crippen molar-refractivity contribution in [2.45, 2.75) is 44.4 Å². The zero-order chi connectivity index (χ0) is 36.2. The average molecular weight is 783 g/mol. The van der Waals surface area contributed by atoms with E-state index in [1.165, 1.54) is 34.6 Å². The van der Waals surface area contributed by atoms with E-state index < -0.39 is 0 Å². The zero-order valence-electron chi connectivity index (χ0n) is 28.2. The lowest BCUT2D eigenvalue weighted by atomic mass is 9.94. The van der Waals surface area contributed by atoms with Gasteiger partial charge in [0, 0.05) is 53.3 Å². The van der Waals surface area contributed by atoms with E-state index in [1.807, 2.05) is 26.0 Å². The molecule has 0 unspecified atom stereocenters. The molecule has 0 amide bonds. The van der Waals surface area contributed by atoms with Crippen molar-refractivity contribution in [1.82, 2.24) is 49.5 Å². The quantitative estimate of drug-likeness (QED) is 0.115. The van der Waals surface area contributed by atoms with Crippen molar-refractivity contribution in [2.24, 2.45) is 5.11 Å². The summed E-state index contributed by atoms with van der Waals surface area (Å²) in [5.74, 6) is 0. The molecule has 54 heavy (non-hydrogen) atoms. The Morgan fingerprint density at radius 1 is 0.537 bits per heavy atom. The van der Waals surface area contributed by atoms with E-state index in [4.69, 9.17) is 27.2 Å². The van der Waals surface area contributed by atoms with Crippen LogP contribution in [0.1, 0.15) is 33.4 Å². The van der Waals surface area contributed by atoms with E-state index in [0.29, 0.717) is 58.5 Å². The number of hydrogen-bond donors (Lipinski definition) is 2. The topological polar surface area (TPSA) is 191 Å². The van der Waals surface area contributed by atoms with Gasteiger partial charge in [-0.05, 0) is 138 Å². The molecule has 0 saturated heterocycles. The molecular formula is C36H22N12O2S4. The third-order valence-electron chi connectivity index (χ3n) is 10.4. The third kappa shape index (κ3) is 4.57. The van der Waals surface area contributed by atoms with E-state index in [2.05, 4.69) is 78.9 Å². The second-order valence-corrected chi connectivity index (χ2v) is 16.1. The molecule has 11 rings (SSSR count). The predicted molar refractivity (Wildman–Crippen MR) is 212 cm³/mol. The number of nitrogens with zero attached hydrogens (tertiary/aromatic N) is 11. The highest BCUT2D eigenvalue weighted by Crippen LogP contribution is 2.42. The Labute approximate surface area is 319 Å². The van der Waals surface area contributed by atoms with Crippen molar-refractivity contribution in [2.75, 3.05) is 0 Å². The molecule has 0 atom stereocenters. The largest absolute Gasteiger partial charge is 0.337 e. The van der Waals surface area contributed by atoms with Crippen molar-refractivity contribution in [3.05, 3.63) is 69.8 Å². The summed E-state index contributed by atoms with van der Waals surface area (Å²) in [7, 11) is 0. The monoisotopic (exact) mass is 782 g/mol. The molecule has 0 saturated carbocycles. The lowest BCUT2D eigenvalue weighted by Crippen LogP contribution is -1.97. The molecule has 0 spiro atoms. The number of rotatable bonds is 7. The van der Waals surface area contributed by atoms with Crippen LogP contribution in [0, 0.1) is 19.4 Å². The molecule has 18 heteroatoms. The average Bonchev–Trinajstić information content (AvgIpc) is 4.03. The van der Waals surface area contributed by atoms with Crippen LogP contribution in [-0.2, 0) is 25.7 Å². The van der Waals surface area contributed by atoms with Gasteiger partial charge in [-0.2, -0.15) is 5.11 Å². The maximum atomic E-state index is 8.02. The van der Waals surface area contributed by atoms with Gasteiger partial charge in [0.25, 0.3) is 0 Å². The van der Waals surface area contributed by atoms with Crippen molar-refractivity contribution >= 4 is 138 Å². The summed E-state index contributed by atoms with van der Waals surface area (Å²) in [4.78, 5) is 0.691. The molecule has 11 aromatic rings. The fraction of sp³-hybridized carbons (Fsp3) is 0.167. The Kier molecular flexibility index (Phi) is 7.01. The normalized spacial score (nSPS) is 12.4. The standard InChI is InChI=1S/C36H22N12O2S4/c1-13-7-19-21(25-31(13)49-44-39-25)9-15(32-26(19)40-45-50-32)3-5-17-11-23-24(29-35(17)53-47-42-29)12-18(36-30(23)43-48-54-36)6-4-16-10-22-20(27(38-37)33(16)51)8-14(2)34-28(22)41-46-52-34/h7-12,37,51H,3-6H2,1-2H3. The fourth-order valence-electron chi connectivity index (χ4n) is 7.83. The summed E-state index contributed by atoms with van der Waals surface area (Å²) in [6, 6.07) is 12.7. The minimum atomic E-state index is 0.539. The number of aryl methyl sites for hydroxylation is 6. The maximum absolute atomic E-state index is 8.02. The highest BCUT2D eigenvalue weighted by atomic mass is 32.1. The lowest BCUT2D eigenvalue weighted by molar-refractivity contribution is 0.422. The molecule has 0 aliphatic carbocycles. The van der Waals surface area contributed by atoms with Crippen LogP contribution in [0.15, 0.2) is 55.5 Å². The number of hydrogen-bond acceptors (Lipinski definition) is 18. The molecule has 1 N–H and O–H groups in total. The van der Waals surface area contributed by atoms with Crippen molar-refractivity contribution < 1.29 is 9.05 Å². The molecule has 14 nitrogen and oxygen atoms in total. The molecule has 5 heterocycles. The predicted octanol–water partition coefficient (Wildman–Crippen LogP) is 9.37. The van der Waals surface area contributed by atoms with Gasteiger partial charge < -0.3 is 9.05 Å². The number of thiol groups is 1. The third-order valence-corrected chi connectivity index (χ3v) is 13.4. The van der Waals surface area contributed by atoms with Crippen LogP contribution in [-0.4, -0.2) is 49.5 Å². The zero-order valence-corrected chi connectivity index (χ0v) is 31.5. The van der Waals surface area contributed by atoms with E-state index >= 15 is 0 Å². The molecule has 0 radical (unpaired) electrons. The van der Waals surface area contributed by atoms with E-state index in [-0.39, 0.29) is 0 Å². The first-order valence-corrected chi connectivity index (χ1v) is 19.6. The molecular weight excluding hydrogens is 761 g/mol. The van der Waals surface area contributed by atoms with Gasteiger partial charge in [-0.25, -0.2) is 5.53 Å².